The van der Waals surface area contributed by atoms with Crippen LogP contribution in [0.2, 0.25) is 0 Å². The number of fused-ring (bicyclic) bond motifs is 5. The van der Waals surface area contributed by atoms with Gasteiger partial charge in [-0.1, -0.05) is 167 Å². The van der Waals surface area contributed by atoms with Crippen molar-refractivity contribution in [1.82, 2.24) is 0 Å². The Morgan fingerprint density at radius 3 is 1.67 bits per heavy atom. The molecule has 0 amide bonds. The number of hydrogen-bond acceptors (Lipinski definition) is 1. The number of nitrogens with zero attached hydrogens (tertiary/aromatic N) is 1. The highest BCUT2D eigenvalue weighted by atomic mass is 15.1. The van der Waals surface area contributed by atoms with Crippen LogP contribution in [0.5, 0.6) is 0 Å². The van der Waals surface area contributed by atoms with Gasteiger partial charge < -0.3 is 4.90 Å². The second-order valence-electron chi connectivity index (χ2n) is 17.7. The molecular weight excluding hydrogens is 687 g/mol. The molecule has 7 aromatic carbocycles. The molecule has 2 bridgehead atoms. The SMILES string of the molecule is CC1(C)c2ccccc2-c2ccc(N(c3ccc(CCC4CC5CCCC(C5)C4)cc3)c3ccc(-c4c(-c5ccccc5)cccc4-c4ccccc4)cc3)cc21. The lowest BCUT2D eigenvalue weighted by atomic mass is 9.67. The lowest BCUT2D eigenvalue weighted by Crippen LogP contribution is -2.27. The summed E-state index contributed by atoms with van der Waals surface area (Å²) in [5.74, 6) is 2.88. The quantitative estimate of drug-likeness (QED) is 0.142. The number of aryl methyl sites for hydroxylation is 1. The van der Waals surface area contributed by atoms with Crippen molar-refractivity contribution in [3.63, 3.8) is 0 Å². The van der Waals surface area contributed by atoms with Crippen LogP contribution in [0.4, 0.5) is 17.1 Å². The van der Waals surface area contributed by atoms with Crippen molar-refractivity contribution in [2.45, 2.75) is 70.6 Å². The van der Waals surface area contributed by atoms with Gasteiger partial charge in [0.05, 0.1) is 0 Å². The van der Waals surface area contributed by atoms with Crippen LogP contribution in [-0.4, -0.2) is 0 Å². The fourth-order valence-electron chi connectivity index (χ4n) is 10.9. The summed E-state index contributed by atoms with van der Waals surface area (Å²) in [5, 5.41) is 0. The molecule has 2 fully saturated rings. The van der Waals surface area contributed by atoms with Crippen LogP contribution in [0.1, 0.15) is 75.5 Å². The van der Waals surface area contributed by atoms with Crippen LogP contribution in [0.15, 0.2) is 170 Å². The van der Waals surface area contributed by atoms with E-state index >= 15 is 0 Å². The van der Waals surface area contributed by atoms with Gasteiger partial charge in [-0.25, -0.2) is 0 Å². The number of hydrogen-bond donors (Lipinski definition) is 0. The van der Waals surface area contributed by atoms with Crippen LogP contribution >= 0.6 is 0 Å². The van der Waals surface area contributed by atoms with E-state index in [1.165, 1.54) is 124 Å². The van der Waals surface area contributed by atoms with E-state index in [0.717, 1.165) is 23.4 Å². The molecule has 0 spiro atoms. The highest BCUT2D eigenvalue weighted by Gasteiger charge is 2.36. The summed E-state index contributed by atoms with van der Waals surface area (Å²) in [6.07, 6.45) is 11.3. The van der Waals surface area contributed by atoms with Crippen LogP contribution in [0, 0.1) is 17.8 Å². The van der Waals surface area contributed by atoms with Crippen molar-refractivity contribution >= 4 is 17.1 Å². The topological polar surface area (TPSA) is 3.24 Å². The van der Waals surface area contributed by atoms with Crippen LogP contribution in [0.25, 0.3) is 44.5 Å². The van der Waals surface area contributed by atoms with Gasteiger partial charge >= 0.3 is 0 Å². The van der Waals surface area contributed by atoms with Gasteiger partial charge in [0.15, 0.2) is 0 Å². The molecule has 1 nitrogen and oxygen atoms in total. The first kappa shape index (κ1) is 35.7. The molecule has 0 saturated heterocycles. The first-order chi connectivity index (χ1) is 28.0. The highest BCUT2D eigenvalue weighted by molar-refractivity contribution is 5.95. The molecule has 1 heteroatoms. The number of anilines is 3. The second-order valence-corrected chi connectivity index (χ2v) is 17.7. The van der Waals surface area contributed by atoms with E-state index in [9.17, 15) is 0 Å². The zero-order chi connectivity index (χ0) is 38.3. The molecule has 57 heavy (non-hydrogen) atoms. The van der Waals surface area contributed by atoms with Crippen LogP contribution in [-0.2, 0) is 11.8 Å². The Hall–Kier alpha value is -5.66. The van der Waals surface area contributed by atoms with E-state index in [1.807, 2.05) is 0 Å². The van der Waals surface area contributed by atoms with Gasteiger partial charge in [-0.15, -0.1) is 0 Å². The Morgan fingerprint density at radius 2 is 1.02 bits per heavy atom. The van der Waals surface area contributed by atoms with Gasteiger partial charge in [-0.05, 0) is 147 Å². The zero-order valence-electron chi connectivity index (χ0n) is 33.5. The van der Waals surface area contributed by atoms with E-state index in [1.54, 1.807) is 0 Å². The van der Waals surface area contributed by atoms with Crippen molar-refractivity contribution in [2.75, 3.05) is 4.90 Å². The Kier molecular flexibility index (Phi) is 9.41. The van der Waals surface area contributed by atoms with E-state index in [0.29, 0.717) is 0 Å². The van der Waals surface area contributed by atoms with E-state index in [4.69, 9.17) is 0 Å². The maximum absolute atomic E-state index is 2.47. The Labute approximate surface area is 340 Å². The molecule has 2 saturated carbocycles. The molecule has 3 aliphatic carbocycles. The van der Waals surface area contributed by atoms with Gasteiger partial charge in [0.2, 0.25) is 0 Å². The molecular formula is C56H53N. The molecule has 0 radical (unpaired) electrons. The normalized spacial score (nSPS) is 19.1. The maximum Gasteiger partial charge on any atom is 0.0465 e. The minimum atomic E-state index is -0.0755. The van der Waals surface area contributed by atoms with Crippen molar-refractivity contribution in [3.8, 4) is 44.5 Å². The standard InChI is InChI=1S/C56H53N/c1-56(2)53-22-10-9-19-51(53)52-34-33-48(38-54(52)56)57(46-29-25-39(26-30-46)23-24-42-36-40-13-11-14-41(35-40)37-42)47-31-27-45(28-32-47)55-49(43-15-5-3-6-16-43)20-12-21-50(55)44-17-7-4-8-18-44/h3-10,12,15-22,25-34,38,40-42H,11,13-14,23-24,35-37H2,1-2H3. The second kappa shape index (κ2) is 15.0. The third-order valence-electron chi connectivity index (χ3n) is 13.7. The summed E-state index contributed by atoms with van der Waals surface area (Å²) in [4.78, 5) is 2.47. The van der Waals surface area contributed by atoms with Gasteiger partial charge in [0.1, 0.15) is 0 Å². The molecule has 0 aliphatic heterocycles. The molecule has 0 aromatic heterocycles. The largest absolute Gasteiger partial charge is 0.310 e. The fourth-order valence-corrected chi connectivity index (χ4v) is 10.9. The summed E-state index contributed by atoms with van der Waals surface area (Å²) in [6.45, 7) is 4.76. The third kappa shape index (κ3) is 6.82. The first-order valence-electron chi connectivity index (χ1n) is 21.5. The number of rotatable bonds is 9. The van der Waals surface area contributed by atoms with Crippen molar-refractivity contribution in [2.24, 2.45) is 17.8 Å². The summed E-state index contributed by atoms with van der Waals surface area (Å²) >= 11 is 0. The molecule has 0 heterocycles. The fraction of sp³-hybridized carbons (Fsp3) is 0.250. The summed E-state index contributed by atoms with van der Waals surface area (Å²) in [6, 6.07) is 63.3. The summed E-state index contributed by atoms with van der Waals surface area (Å²) in [5.41, 5.74) is 17.9. The molecule has 0 N–H and O–H groups in total. The Morgan fingerprint density at radius 1 is 0.474 bits per heavy atom. The van der Waals surface area contributed by atoms with Gasteiger partial charge in [0.25, 0.3) is 0 Å². The van der Waals surface area contributed by atoms with Crippen LogP contribution < -0.4 is 4.90 Å². The molecule has 282 valence electrons. The molecule has 10 rings (SSSR count). The lowest BCUT2D eigenvalue weighted by Gasteiger charge is -2.39. The van der Waals surface area contributed by atoms with Gasteiger partial charge in [0, 0.05) is 22.5 Å². The van der Waals surface area contributed by atoms with Crippen molar-refractivity contribution < 1.29 is 0 Å². The zero-order valence-corrected chi connectivity index (χ0v) is 33.5. The number of benzene rings is 7. The summed E-state index contributed by atoms with van der Waals surface area (Å²) < 4.78 is 0. The predicted molar refractivity (Wildman–Crippen MR) is 241 cm³/mol. The average molecular weight is 740 g/mol. The van der Waals surface area contributed by atoms with E-state index in [2.05, 4.69) is 189 Å². The minimum absolute atomic E-state index is 0.0755. The van der Waals surface area contributed by atoms with Gasteiger partial charge in [-0.2, -0.15) is 0 Å². The van der Waals surface area contributed by atoms with Crippen LogP contribution in [0.3, 0.4) is 0 Å². The van der Waals surface area contributed by atoms with E-state index < -0.39 is 0 Å². The smallest absolute Gasteiger partial charge is 0.0465 e. The summed E-state index contributed by atoms with van der Waals surface area (Å²) in [7, 11) is 0. The molecule has 7 aromatic rings. The monoisotopic (exact) mass is 739 g/mol. The lowest BCUT2D eigenvalue weighted by molar-refractivity contribution is 0.132. The highest BCUT2D eigenvalue weighted by Crippen LogP contribution is 2.51. The maximum atomic E-state index is 2.47. The van der Waals surface area contributed by atoms with Gasteiger partial charge in [-0.3, -0.25) is 0 Å². The minimum Gasteiger partial charge on any atom is -0.310 e. The van der Waals surface area contributed by atoms with Crippen molar-refractivity contribution in [1.29, 1.82) is 0 Å². The molecule has 2 unspecified atom stereocenters. The molecule has 3 aliphatic rings. The first-order valence-corrected chi connectivity index (χ1v) is 21.5. The third-order valence-corrected chi connectivity index (χ3v) is 13.7. The molecule has 2 atom stereocenters. The Bertz CT molecular complexity index is 2420. The predicted octanol–water partition coefficient (Wildman–Crippen LogP) is 15.6. The average Bonchev–Trinajstić information content (AvgIpc) is 3.49. The van der Waals surface area contributed by atoms with Crippen molar-refractivity contribution in [3.05, 3.63) is 187 Å². The van der Waals surface area contributed by atoms with E-state index in [-0.39, 0.29) is 5.41 Å². The Balaban J connectivity index is 1.03.